The van der Waals surface area contributed by atoms with Gasteiger partial charge in [0.1, 0.15) is 0 Å². The molecule has 0 spiro atoms. The largest absolute Gasteiger partial charge is 0.244 e. The summed E-state index contributed by atoms with van der Waals surface area (Å²) in [6.07, 6.45) is 3.55. The zero-order valence-electron chi connectivity index (χ0n) is 10.6. The molecule has 1 saturated heterocycles. The summed E-state index contributed by atoms with van der Waals surface area (Å²) in [5.74, 6) is 0.583. The fraction of sp³-hybridized carbons (Fsp3) is 0.538. The molecule has 1 aromatic rings. The molecule has 0 saturated carbocycles. The van der Waals surface area contributed by atoms with Gasteiger partial charge in [0.15, 0.2) is 0 Å². The van der Waals surface area contributed by atoms with E-state index in [9.17, 15) is 8.42 Å². The van der Waals surface area contributed by atoms with Gasteiger partial charge in [0.2, 0.25) is 10.0 Å². The first-order chi connectivity index (χ1) is 9.07. The molecular formula is C13H17BrClNO2S. The van der Waals surface area contributed by atoms with Gasteiger partial charge in [-0.25, -0.2) is 8.42 Å². The van der Waals surface area contributed by atoms with Gasteiger partial charge in [0.25, 0.3) is 0 Å². The van der Waals surface area contributed by atoms with Crippen LogP contribution in [0.15, 0.2) is 33.6 Å². The maximum atomic E-state index is 12.7. The van der Waals surface area contributed by atoms with E-state index in [4.69, 9.17) is 11.6 Å². The molecule has 1 aromatic carbocycles. The van der Waals surface area contributed by atoms with Crippen molar-refractivity contribution in [2.45, 2.75) is 36.6 Å². The highest BCUT2D eigenvalue weighted by atomic mass is 79.9. The molecule has 1 fully saturated rings. The lowest BCUT2D eigenvalue weighted by atomic mass is 10.1. The summed E-state index contributed by atoms with van der Waals surface area (Å²) in [4.78, 5) is 0.354. The van der Waals surface area contributed by atoms with E-state index < -0.39 is 10.0 Å². The van der Waals surface area contributed by atoms with Crippen molar-refractivity contribution in [3.63, 3.8) is 0 Å². The summed E-state index contributed by atoms with van der Waals surface area (Å²) >= 11 is 9.03. The average molecular weight is 367 g/mol. The second-order valence-corrected chi connectivity index (χ2v) is 7.76. The Hall–Kier alpha value is -0.100. The van der Waals surface area contributed by atoms with Crippen molar-refractivity contribution in [3.05, 3.63) is 28.7 Å². The monoisotopic (exact) mass is 365 g/mol. The molecule has 0 radical (unpaired) electrons. The molecule has 0 N–H and O–H groups in total. The lowest BCUT2D eigenvalue weighted by Gasteiger charge is -2.24. The molecule has 106 valence electrons. The van der Waals surface area contributed by atoms with E-state index in [1.54, 1.807) is 22.5 Å². The number of rotatable bonds is 5. The average Bonchev–Trinajstić information content (AvgIpc) is 2.85. The first-order valence-electron chi connectivity index (χ1n) is 6.39. The standard InChI is InChI=1S/C13H17BrClNO2S/c14-12-7-1-2-8-13(12)19(17,18)16-10-4-6-11(16)5-3-9-15/h1-2,7-8,11H,3-6,9-10H2. The number of alkyl halides is 1. The molecule has 6 heteroatoms. The third-order valence-electron chi connectivity index (χ3n) is 3.42. The molecule has 3 nitrogen and oxygen atoms in total. The Morgan fingerprint density at radius 1 is 1.37 bits per heavy atom. The van der Waals surface area contributed by atoms with Gasteiger partial charge in [0, 0.05) is 22.9 Å². The van der Waals surface area contributed by atoms with Crippen LogP contribution in [0.3, 0.4) is 0 Å². The van der Waals surface area contributed by atoms with Gasteiger partial charge < -0.3 is 0 Å². The third-order valence-corrected chi connectivity index (χ3v) is 6.65. The Labute approximate surface area is 128 Å². The lowest BCUT2D eigenvalue weighted by molar-refractivity contribution is 0.368. The minimum Gasteiger partial charge on any atom is -0.207 e. The van der Waals surface area contributed by atoms with Crippen LogP contribution in [-0.2, 0) is 10.0 Å². The van der Waals surface area contributed by atoms with E-state index in [2.05, 4.69) is 15.9 Å². The predicted molar refractivity (Wildman–Crippen MR) is 81.0 cm³/mol. The summed E-state index contributed by atoms with van der Waals surface area (Å²) < 4.78 is 27.6. The molecule has 1 aliphatic rings. The molecule has 1 aliphatic heterocycles. The van der Waals surface area contributed by atoms with Gasteiger partial charge in [-0.2, -0.15) is 4.31 Å². The molecule has 19 heavy (non-hydrogen) atoms. The second-order valence-electron chi connectivity index (χ2n) is 4.67. The minimum atomic E-state index is -3.41. The van der Waals surface area contributed by atoms with Gasteiger partial charge in [-0.15, -0.1) is 11.6 Å². The predicted octanol–water partition coefficient (Wildman–Crippen LogP) is 3.62. The van der Waals surface area contributed by atoms with E-state index in [0.717, 1.165) is 25.7 Å². The van der Waals surface area contributed by atoms with Crippen molar-refractivity contribution in [2.75, 3.05) is 12.4 Å². The summed E-state index contributed by atoms with van der Waals surface area (Å²) in [5.41, 5.74) is 0. The van der Waals surface area contributed by atoms with E-state index in [0.29, 0.717) is 21.8 Å². The molecule has 0 bridgehead atoms. The summed E-state index contributed by atoms with van der Waals surface area (Å²) in [7, 11) is -3.41. The van der Waals surface area contributed by atoms with Gasteiger partial charge in [-0.1, -0.05) is 12.1 Å². The number of benzene rings is 1. The van der Waals surface area contributed by atoms with Gasteiger partial charge >= 0.3 is 0 Å². The van der Waals surface area contributed by atoms with Gasteiger partial charge in [0.05, 0.1) is 4.90 Å². The van der Waals surface area contributed by atoms with Crippen LogP contribution in [0.25, 0.3) is 0 Å². The van der Waals surface area contributed by atoms with E-state index in [-0.39, 0.29) is 6.04 Å². The van der Waals surface area contributed by atoms with Crippen LogP contribution in [0.4, 0.5) is 0 Å². The van der Waals surface area contributed by atoms with Crippen molar-refractivity contribution in [1.82, 2.24) is 4.31 Å². The highest BCUT2D eigenvalue weighted by Gasteiger charge is 2.35. The minimum absolute atomic E-state index is 0.0934. The normalized spacial score (nSPS) is 20.8. The van der Waals surface area contributed by atoms with Crippen molar-refractivity contribution in [2.24, 2.45) is 0 Å². The quantitative estimate of drug-likeness (QED) is 0.746. The third kappa shape index (κ3) is 3.32. The SMILES string of the molecule is O=S(=O)(c1ccccc1Br)N1CCCC1CCCCl. The number of hydrogen-bond donors (Lipinski definition) is 0. The molecule has 0 aliphatic carbocycles. The molecule has 2 rings (SSSR count). The smallest absolute Gasteiger partial charge is 0.207 e. The van der Waals surface area contributed by atoms with E-state index in [1.807, 2.05) is 6.07 Å². The summed E-state index contributed by atoms with van der Waals surface area (Å²) in [6.45, 7) is 0.608. The summed E-state index contributed by atoms with van der Waals surface area (Å²) in [6, 6.07) is 7.07. The van der Waals surface area contributed by atoms with E-state index in [1.165, 1.54) is 0 Å². The molecule has 0 amide bonds. The topological polar surface area (TPSA) is 37.4 Å². The number of sulfonamides is 1. The van der Waals surface area contributed by atoms with Crippen LogP contribution in [0.2, 0.25) is 0 Å². The highest BCUT2D eigenvalue weighted by molar-refractivity contribution is 9.10. The number of nitrogens with zero attached hydrogens (tertiary/aromatic N) is 1. The Morgan fingerprint density at radius 2 is 2.11 bits per heavy atom. The molecule has 0 aromatic heterocycles. The van der Waals surface area contributed by atoms with Crippen LogP contribution in [0.5, 0.6) is 0 Å². The van der Waals surface area contributed by atoms with Crippen LogP contribution >= 0.6 is 27.5 Å². The highest BCUT2D eigenvalue weighted by Crippen LogP contribution is 2.31. The van der Waals surface area contributed by atoms with Crippen LogP contribution < -0.4 is 0 Å². The maximum Gasteiger partial charge on any atom is 0.244 e. The van der Waals surface area contributed by atoms with E-state index >= 15 is 0 Å². The molecule has 1 atom stereocenters. The van der Waals surface area contributed by atoms with Crippen LogP contribution in [0.1, 0.15) is 25.7 Å². The van der Waals surface area contributed by atoms with Crippen LogP contribution in [-0.4, -0.2) is 31.2 Å². The van der Waals surface area contributed by atoms with Crippen molar-refractivity contribution in [1.29, 1.82) is 0 Å². The second kappa shape index (κ2) is 6.57. The Bertz CT molecular complexity index is 535. The molecule has 1 unspecified atom stereocenters. The fourth-order valence-corrected chi connectivity index (χ4v) is 5.35. The molecule has 1 heterocycles. The van der Waals surface area contributed by atoms with Crippen molar-refractivity contribution >= 4 is 37.6 Å². The number of halogens is 2. The first kappa shape index (κ1) is 15.3. The maximum absolute atomic E-state index is 12.7. The molecular weight excluding hydrogens is 350 g/mol. The van der Waals surface area contributed by atoms with Gasteiger partial charge in [-0.05, 0) is 53.7 Å². The lowest BCUT2D eigenvalue weighted by Crippen LogP contribution is -2.35. The zero-order chi connectivity index (χ0) is 13.9. The zero-order valence-corrected chi connectivity index (χ0v) is 13.7. The summed E-state index contributed by atoms with van der Waals surface area (Å²) in [5, 5.41) is 0. The number of hydrogen-bond acceptors (Lipinski definition) is 2. The fourth-order valence-electron chi connectivity index (χ4n) is 2.51. The Balaban J connectivity index is 2.26. The van der Waals surface area contributed by atoms with Crippen molar-refractivity contribution in [3.8, 4) is 0 Å². The van der Waals surface area contributed by atoms with Gasteiger partial charge in [-0.3, -0.25) is 0 Å². The van der Waals surface area contributed by atoms with Crippen LogP contribution in [0, 0.1) is 0 Å². The Kier molecular flexibility index (Phi) is 5.29. The first-order valence-corrected chi connectivity index (χ1v) is 9.16. The Morgan fingerprint density at radius 3 is 2.79 bits per heavy atom. The van der Waals surface area contributed by atoms with Crippen molar-refractivity contribution < 1.29 is 8.42 Å².